The molecule has 0 aromatic carbocycles. The van der Waals surface area contributed by atoms with E-state index in [2.05, 4.69) is 10.6 Å². The number of carbonyl (C=O) groups excluding carboxylic acids is 2. The third-order valence-corrected chi connectivity index (χ3v) is 6.31. The van der Waals surface area contributed by atoms with Crippen LogP contribution < -0.4 is 10.6 Å². The molecule has 3 heterocycles. The van der Waals surface area contributed by atoms with Crippen molar-refractivity contribution < 1.29 is 14.0 Å². The molecule has 2 aromatic heterocycles. The van der Waals surface area contributed by atoms with E-state index in [0.717, 1.165) is 31.2 Å². The summed E-state index contributed by atoms with van der Waals surface area (Å²) < 4.78 is 7.43. The Bertz CT molecular complexity index is 862. The van der Waals surface area contributed by atoms with Crippen molar-refractivity contribution in [3.8, 4) is 0 Å². The number of furan rings is 1. The van der Waals surface area contributed by atoms with Crippen molar-refractivity contribution in [2.75, 3.05) is 20.1 Å². The van der Waals surface area contributed by atoms with Gasteiger partial charge in [0, 0.05) is 31.3 Å². The summed E-state index contributed by atoms with van der Waals surface area (Å²) in [4.78, 5) is 28.5. The first-order valence-electron chi connectivity index (χ1n) is 10.4. The first kappa shape index (κ1) is 19.1. The molecule has 0 spiro atoms. The molecule has 1 saturated carbocycles. The summed E-state index contributed by atoms with van der Waals surface area (Å²) in [6.45, 7) is 3.44. The Morgan fingerprint density at radius 2 is 2.04 bits per heavy atom. The summed E-state index contributed by atoms with van der Waals surface area (Å²) >= 11 is 0. The Kier molecular flexibility index (Phi) is 5.19. The van der Waals surface area contributed by atoms with Crippen LogP contribution in [0.5, 0.6) is 0 Å². The molecule has 2 N–H and O–H groups in total. The van der Waals surface area contributed by atoms with Crippen molar-refractivity contribution in [2.24, 2.45) is 0 Å². The maximum Gasteiger partial charge on any atom is 0.271 e. The molecule has 4 rings (SSSR count). The minimum absolute atomic E-state index is 0.0557. The summed E-state index contributed by atoms with van der Waals surface area (Å²) in [5.41, 5.74) is 1.21. The minimum Gasteiger partial charge on any atom is -0.463 e. The molecular weight excluding hydrogens is 356 g/mol. The highest BCUT2D eigenvalue weighted by Crippen LogP contribution is 2.33. The SMILES string of the molecule is CNCCN1C(=O)c2cc3occc3n2CC1(C)C(=O)NC1CCCCCC1. The van der Waals surface area contributed by atoms with Gasteiger partial charge in [-0.15, -0.1) is 0 Å². The molecule has 28 heavy (non-hydrogen) atoms. The predicted molar refractivity (Wildman–Crippen MR) is 107 cm³/mol. The van der Waals surface area contributed by atoms with Gasteiger partial charge < -0.3 is 24.5 Å². The lowest BCUT2D eigenvalue weighted by Gasteiger charge is -2.44. The van der Waals surface area contributed by atoms with Crippen LogP contribution >= 0.6 is 0 Å². The second kappa shape index (κ2) is 7.62. The Morgan fingerprint density at radius 1 is 1.29 bits per heavy atom. The zero-order valence-corrected chi connectivity index (χ0v) is 16.8. The summed E-state index contributed by atoms with van der Waals surface area (Å²) in [7, 11) is 1.85. The van der Waals surface area contributed by atoms with Crippen molar-refractivity contribution in [1.29, 1.82) is 0 Å². The van der Waals surface area contributed by atoms with Crippen molar-refractivity contribution in [3.05, 3.63) is 24.1 Å². The molecule has 7 nitrogen and oxygen atoms in total. The molecule has 0 saturated heterocycles. The summed E-state index contributed by atoms with van der Waals surface area (Å²) in [6, 6.07) is 3.85. The Labute approximate surface area is 165 Å². The number of hydrogen-bond donors (Lipinski definition) is 2. The summed E-state index contributed by atoms with van der Waals surface area (Å²) in [5, 5.41) is 6.37. The van der Waals surface area contributed by atoms with Crippen LogP contribution in [0.3, 0.4) is 0 Å². The fourth-order valence-corrected chi connectivity index (χ4v) is 4.61. The Morgan fingerprint density at radius 3 is 2.75 bits per heavy atom. The second-order valence-electron chi connectivity index (χ2n) is 8.28. The van der Waals surface area contributed by atoms with Gasteiger partial charge in [0.2, 0.25) is 5.91 Å². The summed E-state index contributed by atoms with van der Waals surface area (Å²) in [6.07, 6.45) is 8.45. The van der Waals surface area contributed by atoms with Crippen molar-refractivity contribution in [3.63, 3.8) is 0 Å². The van der Waals surface area contributed by atoms with Crippen LogP contribution in [0, 0.1) is 0 Å². The van der Waals surface area contributed by atoms with E-state index in [1.54, 1.807) is 17.2 Å². The van der Waals surface area contributed by atoms with Gasteiger partial charge in [-0.1, -0.05) is 25.7 Å². The van der Waals surface area contributed by atoms with E-state index in [9.17, 15) is 9.59 Å². The van der Waals surface area contributed by atoms with Crippen LogP contribution in [-0.2, 0) is 11.3 Å². The normalized spacial score (nSPS) is 23.6. The maximum atomic E-state index is 13.5. The Balaban J connectivity index is 1.66. The molecule has 2 amide bonds. The number of nitrogens with zero attached hydrogens (tertiary/aromatic N) is 2. The van der Waals surface area contributed by atoms with E-state index < -0.39 is 5.54 Å². The molecule has 2 aliphatic rings. The molecule has 1 aliphatic carbocycles. The largest absolute Gasteiger partial charge is 0.463 e. The highest BCUT2D eigenvalue weighted by atomic mass is 16.3. The highest BCUT2D eigenvalue weighted by molar-refractivity contribution is 6.02. The molecule has 1 unspecified atom stereocenters. The van der Waals surface area contributed by atoms with Gasteiger partial charge in [-0.25, -0.2) is 0 Å². The van der Waals surface area contributed by atoms with Crippen LogP contribution in [-0.4, -0.2) is 53.0 Å². The maximum absolute atomic E-state index is 13.5. The predicted octanol–water partition coefficient (Wildman–Crippen LogP) is 2.51. The molecule has 2 aromatic rings. The van der Waals surface area contributed by atoms with Gasteiger partial charge in [-0.05, 0) is 26.8 Å². The van der Waals surface area contributed by atoms with Gasteiger partial charge in [0.25, 0.3) is 5.91 Å². The zero-order valence-electron chi connectivity index (χ0n) is 16.8. The smallest absolute Gasteiger partial charge is 0.271 e. The van der Waals surface area contributed by atoms with E-state index in [4.69, 9.17) is 4.42 Å². The highest BCUT2D eigenvalue weighted by Gasteiger charge is 2.48. The quantitative estimate of drug-likeness (QED) is 0.774. The number of likely N-dealkylation sites (N-methyl/N-ethyl adjacent to an activating group) is 1. The number of fused-ring (bicyclic) bond motifs is 3. The van der Waals surface area contributed by atoms with Crippen LogP contribution in [0.4, 0.5) is 0 Å². The number of amides is 2. The Hall–Kier alpha value is -2.28. The summed E-state index contributed by atoms with van der Waals surface area (Å²) in [5.74, 6) is -0.175. The van der Waals surface area contributed by atoms with Gasteiger partial charge in [-0.2, -0.15) is 0 Å². The standard InChI is InChI=1S/C21H30N4O3/c1-21(20(27)23-15-7-5-3-4-6-8-15)14-24-16-9-12-28-18(16)13-17(24)19(26)25(21)11-10-22-2/h9,12-13,15,22H,3-8,10-11,14H2,1-2H3,(H,23,27). The van der Waals surface area contributed by atoms with E-state index in [0.29, 0.717) is 30.9 Å². The molecule has 7 heteroatoms. The third-order valence-electron chi connectivity index (χ3n) is 6.31. The fourth-order valence-electron chi connectivity index (χ4n) is 4.61. The van der Waals surface area contributed by atoms with Gasteiger partial charge >= 0.3 is 0 Å². The average Bonchev–Trinajstić information content (AvgIpc) is 3.16. The third kappa shape index (κ3) is 3.21. The topological polar surface area (TPSA) is 79.5 Å². The van der Waals surface area contributed by atoms with Crippen LogP contribution in [0.1, 0.15) is 55.9 Å². The molecule has 0 radical (unpaired) electrons. The van der Waals surface area contributed by atoms with Gasteiger partial charge in [0.1, 0.15) is 11.2 Å². The molecule has 0 bridgehead atoms. The first-order valence-corrected chi connectivity index (χ1v) is 10.4. The van der Waals surface area contributed by atoms with E-state index in [-0.39, 0.29) is 17.9 Å². The molecular formula is C21H30N4O3. The lowest BCUT2D eigenvalue weighted by Crippen LogP contribution is -2.65. The van der Waals surface area contributed by atoms with Crippen molar-refractivity contribution in [2.45, 2.75) is 63.6 Å². The lowest BCUT2D eigenvalue weighted by molar-refractivity contribution is -0.133. The van der Waals surface area contributed by atoms with Gasteiger partial charge in [-0.3, -0.25) is 9.59 Å². The number of hydrogen-bond acceptors (Lipinski definition) is 4. The second-order valence-corrected chi connectivity index (χ2v) is 8.28. The molecule has 152 valence electrons. The lowest BCUT2D eigenvalue weighted by atomic mass is 9.93. The van der Waals surface area contributed by atoms with E-state index >= 15 is 0 Å². The fraction of sp³-hybridized carbons (Fsp3) is 0.619. The van der Waals surface area contributed by atoms with E-state index in [1.807, 2.05) is 24.6 Å². The van der Waals surface area contributed by atoms with Crippen molar-refractivity contribution in [1.82, 2.24) is 20.1 Å². The molecule has 1 atom stereocenters. The number of nitrogens with one attached hydrogen (secondary N) is 2. The van der Waals surface area contributed by atoms with Gasteiger partial charge in [0.05, 0.1) is 18.3 Å². The van der Waals surface area contributed by atoms with Crippen LogP contribution in [0.25, 0.3) is 11.1 Å². The first-order chi connectivity index (χ1) is 13.5. The monoisotopic (exact) mass is 386 g/mol. The van der Waals surface area contributed by atoms with Gasteiger partial charge in [0.15, 0.2) is 5.58 Å². The number of aromatic nitrogens is 1. The van der Waals surface area contributed by atoms with Crippen molar-refractivity contribution >= 4 is 22.9 Å². The van der Waals surface area contributed by atoms with E-state index in [1.165, 1.54) is 12.8 Å². The van der Waals surface area contributed by atoms with Crippen LogP contribution in [0.15, 0.2) is 22.8 Å². The molecule has 1 aliphatic heterocycles. The zero-order chi connectivity index (χ0) is 19.7. The molecule has 1 fully saturated rings. The average molecular weight is 386 g/mol. The van der Waals surface area contributed by atoms with Crippen LogP contribution in [0.2, 0.25) is 0 Å². The minimum atomic E-state index is -0.934. The number of carbonyl (C=O) groups is 2. The number of rotatable bonds is 5.